The molecule has 0 aliphatic rings. The van der Waals surface area contributed by atoms with Gasteiger partial charge in [-0.25, -0.2) is 8.78 Å². The lowest BCUT2D eigenvalue weighted by atomic mass is 10.0. The summed E-state index contributed by atoms with van der Waals surface area (Å²) in [5.41, 5.74) is -1.40. The van der Waals surface area contributed by atoms with Gasteiger partial charge in [-0.3, -0.25) is 4.79 Å². The Kier molecular flexibility index (Phi) is 5.77. The van der Waals surface area contributed by atoms with Crippen LogP contribution in [0.2, 0.25) is 0 Å². The van der Waals surface area contributed by atoms with Gasteiger partial charge in [0.1, 0.15) is 11.6 Å². The quantitative estimate of drug-likeness (QED) is 0.407. The van der Waals surface area contributed by atoms with Gasteiger partial charge < -0.3 is 5.32 Å². The molecule has 0 radical (unpaired) electrons. The maximum atomic E-state index is 14.4. The van der Waals surface area contributed by atoms with Crippen molar-refractivity contribution in [3.63, 3.8) is 0 Å². The standard InChI is InChI=1S/C22H14F5NO/c23-16-11-17(14-7-3-1-4-8-14)21(19(24)12-16)28-20(29)13-18(22(25,26)27)15-9-5-2-6-10-15/h1-13H,(H,28,29)/b18-13-. The Balaban J connectivity index is 2.01. The van der Waals surface area contributed by atoms with Crippen molar-refractivity contribution in [3.05, 3.63) is 96.1 Å². The molecular formula is C22H14F5NO. The van der Waals surface area contributed by atoms with Gasteiger partial charge in [0, 0.05) is 17.7 Å². The molecule has 0 saturated carbocycles. The van der Waals surface area contributed by atoms with Crippen molar-refractivity contribution in [1.82, 2.24) is 0 Å². The van der Waals surface area contributed by atoms with E-state index in [-0.39, 0.29) is 11.1 Å². The van der Waals surface area contributed by atoms with Gasteiger partial charge in [-0.15, -0.1) is 0 Å². The van der Waals surface area contributed by atoms with Gasteiger partial charge in [0.15, 0.2) is 0 Å². The fourth-order valence-electron chi connectivity index (χ4n) is 2.78. The number of amides is 1. The molecule has 0 atom stereocenters. The molecule has 0 aromatic heterocycles. The van der Waals surface area contributed by atoms with E-state index in [0.717, 1.165) is 6.07 Å². The Labute approximate surface area is 163 Å². The minimum atomic E-state index is -4.80. The van der Waals surface area contributed by atoms with Crippen molar-refractivity contribution in [1.29, 1.82) is 0 Å². The monoisotopic (exact) mass is 403 g/mol. The smallest absolute Gasteiger partial charge is 0.319 e. The molecule has 0 saturated heterocycles. The summed E-state index contributed by atoms with van der Waals surface area (Å²) in [6.07, 6.45) is -4.45. The number of benzene rings is 3. The van der Waals surface area contributed by atoms with E-state index in [4.69, 9.17) is 0 Å². The van der Waals surface area contributed by atoms with Gasteiger partial charge in [0.2, 0.25) is 5.91 Å². The number of hydrogen-bond donors (Lipinski definition) is 1. The molecule has 0 unspecified atom stereocenters. The molecule has 2 nitrogen and oxygen atoms in total. The summed E-state index contributed by atoms with van der Waals surface area (Å²) in [6.45, 7) is 0. The van der Waals surface area contributed by atoms with Crippen molar-refractivity contribution < 1.29 is 26.7 Å². The van der Waals surface area contributed by atoms with E-state index in [2.05, 4.69) is 5.32 Å². The topological polar surface area (TPSA) is 29.1 Å². The van der Waals surface area contributed by atoms with Crippen LogP contribution < -0.4 is 5.32 Å². The third-order valence-corrected chi connectivity index (χ3v) is 4.05. The van der Waals surface area contributed by atoms with Crippen LogP contribution in [0.1, 0.15) is 5.56 Å². The number of rotatable bonds is 4. The minimum absolute atomic E-state index is 0.0121. The number of carbonyl (C=O) groups excluding carboxylic acids is 1. The molecule has 1 amide bonds. The first-order valence-electron chi connectivity index (χ1n) is 8.45. The lowest BCUT2D eigenvalue weighted by Gasteiger charge is -2.14. The second-order valence-corrected chi connectivity index (χ2v) is 6.09. The zero-order chi connectivity index (χ0) is 21.0. The molecule has 148 valence electrons. The van der Waals surface area contributed by atoms with Gasteiger partial charge in [-0.1, -0.05) is 60.7 Å². The molecule has 29 heavy (non-hydrogen) atoms. The molecule has 0 heterocycles. The fourth-order valence-corrected chi connectivity index (χ4v) is 2.78. The van der Waals surface area contributed by atoms with E-state index in [1.165, 1.54) is 30.3 Å². The Hall–Kier alpha value is -3.48. The Morgan fingerprint density at radius 3 is 2.03 bits per heavy atom. The molecule has 0 aliphatic heterocycles. The summed E-state index contributed by atoms with van der Waals surface area (Å²) in [5.74, 6) is -3.17. The second kappa shape index (κ2) is 8.26. The zero-order valence-corrected chi connectivity index (χ0v) is 14.8. The lowest BCUT2D eigenvalue weighted by molar-refractivity contribution is -0.112. The minimum Gasteiger partial charge on any atom is -0.319 e. The predicted molar refractivity (Wildman–Crippen MR) is 101 cm³/mol. The Morgan fingerprint density at radius 2 is 1.45 bits per heavy atom. The summed E-state index contributed by atoms with van der Waals surface area (Å²) in [5, 5.41) is 2.12. The molecule has 0 bridgehead atoms. The summed E-state index contributed by atoms with van der Waals surface area (Å²) in [6, 6.07) is 16.4. The molecule has 1 N–H and O–H groups in total. The number of allylic oxidation sites excluding steroid dienone is 1. The molecule has 3 rings (SSSR count). The average molecular weight is 403 g/mol. The summed E-state index contributed by atoms with van der Waals surface area (Å²) in [7, 11) is 0. The third kappa shape index (κ3) is 4.87. The van der Waals surface area contributed by atoms with Crippen LogP contribution in [0.3, 0.4) is 0 Å². The third-order valence-electron chi connectivity index (χ3n) is 4.05. The van der Waals surface area contributed by atoms with Gasteiger partial charge >= 0.3 is 6.18 Å². The van der Waals surface area contributed by atoms with Crippen molar-refractivity contribution in [2.24, 2.45) is 0 Å². The maximum absolute atomic E-state index is 14.4. The van der Waals surface area contributed by atoms with Crippen LogP contribution in [0.25, 0.3) is 16.7 Å². The number of anilines is 1. The highest BCUT2D eigenvalue weighted by molar-refractivity contribution is 6.06. The van der Waals surface area contributed by atoms with E-state index in [9.17, 15) is 26.7 Å². The molecule has 0 aliphatic carbocycles. The highest BCUT2D eigenvalue weighted by atomic mass is 19.4. The highest BCUT2D eigenvalue weighted by Crippen LogP contribution is 2.35. The molecule has 7 heteroatoms. The fraction of sp³-hybridized carbons (Fsp3) is 0.0455. The molecule has 0 spiro atoms. The number of alkyl halides is 3. The first-order valence-corrected chi connectivity index (χ1v) is 8.45. The molecule has 3 aromatic carbocycles. The highest BCUT2D eigenvalue weighted by Gasteiger charge is 2.35. The van der Waals surface area contributed by atoms with Crippen LogP contribution in [0.4, 0.5) is 27.6 Å². The van der Waals surface area contributed by atoms with Crippen molar-refractivity contribution in [2.45, 2.75) is 6.18 Å². The normalized spacial score (nSPS) is 12.0. The van der Waals surface area contributed by atoms with E-state index in [1.54, 1.807) is 30.3 Å². The summed E-state index contributed by atoms with van der Waals surface area (Å²) in [4.78, 5) is 12.3. The van der Waals surface area contributed by atoms with Crippen molar-refractivity contribution in [2.75, 3.05) is 5.32 Å². The first kappa shape index (κ1) is 20.3. The van der Waals surface area contributed by atoms with Gasteiger partial charge in [-0.2, -0.15) is 13.2 Å². The van der Waals surface area contributed by atoms with E-state index in [0.29, 0.717) is 17.7 Å². The lowest BCUT2D eigenvalue weighted by Crippen LogP contribution is -2.17. The van der Waals surface area contributed by atoms with E-state index >= 15 is 0 Å². The SMILES string of the molecule is O=C(/C=C(/c1ccccc1)C(F)(F)F)Nc1c(F)cc(F)cc1-c1ccccc1. The predicted octanol–water partition coefficient (Wildman–Crippen LogP) is 6.22. The van der Waals surface area contributed by atoms with Gasteiger partial charge in [0.05, 0.1) is 11.3 Å². The maximum Gasteiger partial charge on any atom is 0.417 e. The van der Waals surface area contributed by atoms with E-state index < -0.39 is 35.0 Å². The van der Waals surface area contributed by atoms with Crippen LogP contribution in [-0.4, -0.2) is 12.1 Å². The number of hydrogen-bond acceptors (Lipinski definition) is 1. The first-order chi connectivity index (χ1) is 13.8. The summed E-state index contributed by atoms with van der Waals surface area (Å²) >= 11 is 0. The summed E-state index contributed by atoms with van der Waals surface area (Å²) < 4.78 is 68.3. The van der Waals surface area contributed by atoms with Crippen LogP contribution in [0, 0.1) is 11.6 Å². The van der Waals surface area contributed by atoms with Crippen molar-refractivity contribution >= 4 is 17.2 Å². The van der Waals surface area contributed by atoms with Gasteiger partial charge in [0.25, 0.3) is 0 Å². The molecule has 3 aromatic rings. The van der Waals surface area contributed by atoms with Crippen LogP contribution in [0.5, 0.6) is 0 Å². The van der Waals surface area contributed by atoms with Crippen LogP contribution >= 0.6 is 0 Å². The van der Waals surface area contributed by atoms with Gasteiger partial charge in [-0.05, 0) is 17.2 Å². The second-order valence-electron chi connectivity index (χ2n) is 6.09. The van der Waals surface area contributed by atoms with Crippen molar-refractivity contribution in [3.8, 4) is 11.1 Å². The average Bonchev–Trinajstić information content (AvgIpc) is 2.68. The number of nitrogens with one attached hydrogen (secondary N) is 1. The van der Waals surface area contributed by atoms with E-state index in [1.807, 2.05) is 0 Å². The largest absolute Gasteiger partial charge is 0.417 e. The molecular weight excluding hydrogens is 389 g/mol. The van der Waals surface area contributed by atoms with Crippen LogP contribution in [0.15, 0.2) is 78.9 Å². The number of carbonyl (C=O) groups is 1. The number of halogens is 5. The Morgan fingerprint density at radius 1 is 0.862 bits per heavy atom. The zero-order valence-electron chi connectivity index (χ0n) is 14.8. The van der Waals surface area contributed by atoms with Crippen LogP contribution in [-0.2, 0) is 4.79 Å². The Bertz CT molecular complexity index is 1040. The molecule has 0 fully saturated rings.